The van der Waals surface area contributed by atoms with E-state index in [1.807, 2.05) is 32.9 Å². The molecule has 4 rings (SSSR count). The summed E-state index contributed by atoms with van der Waals surface area (Å²) in [5.74, 6) is -0.225. The van der Waals surface area contributed by atoms with Crippen LogP contribution in [0.25, 0.3) is 10.9 Å². The molecule has 0 saturated carbocycles. The lowest BCUT2D eigenvalue weighted by molar-refractivity contribution is -0.384. The minimum atomic E-state index is -4.10. The summed E-state index contributed by atoms with van der Waals surface area (Å²) in [6.07, 6.45) is 0. The Bertz CT molecular complexity index is 1620. The number of sulfonamides is 1. The average molecular weight is 494 g/mol. The third kappa shape index (κ3) is 4.58. The van der Waals surface area contributed by atoms with E-state index in [0.717, 1.165) is 28.3 Å². The Morgan fingerprint density at radius 2 is 1.71 bits per heavy atom. The van der Waals surface area contributed by atoms with Crippen LogP contribution >= 0.6 is 0 Å². The van der Waals surface area contributed by atoms with Gasteiger partial charge in [0.25, 0.3) is 15.7 Å². The van der Waals surface area contributed by atoms with Crippen LogP contribution in [0.5, 0.6) is 5.88 Å². The van der Waals surface area contributed by atoms with Crippen LogP contribution in [-0.4, -0.2) is 23.4 Å². The maximum atomic E-state index is 12.9. The van der Waals surface area contributed by atoms with E-state index in [1.165, 1.54) is 12.1 Å². The Hall–Kier alpha value is -4.25. The van der Waals surface area contributed by atoms with Gasteiger partial charge in [-0.15, -0.1) is 10.2 Å². The first-order chi connectivity index (χ1) is 16.5. The first-order valence-electron chi connectivity index (χ1n) is 10.6. The summed E-state index contributed by atoms with van der Waals surface area (Å²) in [4.78, 5) is 13.5. The van der Waals surface area contributed by atoms with Crippen molar-refractivity contribution >= 4 is 43.7 Å². The molecule has 0 fully saturated rings. The summed E-state index contributed by atoms with van der Waals surface area (Å²) in [6, 6.07) is 12.2. The number of nitro benzene ring substituents is 1. The van der Waals surface area contributed by atoms with Gasteiger partial charge in [-0.05, 0) is 62.6 Å². The topological polar surface area (TPSA) is 150 Å². The summed E-state index contributed by atoms with van der Waals surface area (Å²) in [7, 11) is -4.10. The lowest BCUT2D eigenvalue weighted by atomic mass is 10.1. The molecule has 35 heavy (non-hydrogen) atoms. The Kier molecular flexibility index (Phi) is 6.03. The number of fused-ring (bicyclic) bond motifs is 1. The van der Waals surface area contributed by atoms with Gasteiger partial charge >= 0.3 is 0 Å². The summed E-state index contributed by atoms with van der Waals surface area (Å²) >= 11 is 0. The van der Waals surface area contributed by atoms with Crippen LogP contribution in [0.2, 0.25) is 0 Å². The predicted octanol–water partition coefficient (Wildman–Crippen LogP) is 6.23. The van der Waals surface area contributed by atoms with E-state index >= 15 is 0 Å². The Morgan fingerprint density at radius 3 is 2.40 bits per heavy atom. The number of H-pyrrole nitrogens is 1. The smallest absolute Gasteiger partial charge is 0.298 e. The molecule has 0 radical (unpaired) electrons. The van der Waals surface area contributed by atoms with E-state index in [4.69, 9.17) is 0 Å². The number of azo groups is 1. The Balaban J connectivity index is 1.71. The minimum Gasteiger partial charge on any atom is -0.493 e. The van der Waals surface area contributed by atoms with E-state index < -0.39 is 20.6 Å². The maximum absolute atomic E-state index is 12.9. The fraction of sp³-hybridized carbons (Fsp3) is 0.167. The third-order valence-corrected chi connectivity index (χ3v) is 7.16. The molecule has 0 saturated heterocycles. The minimum absolute atomic E-state index is 0.130. The van der Waals surface area contributed by atoms with Crippen molar-refractivity contribution < 1.29 is 18.4 Å². The molecule has 0 aliphatic rings. The number of aryl methyl sites for hydroxylation is 4. The molecular weight excluding hydrogens is 470 g/mol. The molecule has 3 aromatic carbocycles. The van der Waals surface area contributed by atoms with Crippen molar-refractivity contribution in [2.24, 2.45) is 10.2 Å². The fourth-order valence-electron chi connectivity index (χ4n) is 3.72. The first-order valence-corrected chi connectivity index (χ1v) is 12.1. The van der Waals surface area contributed by atoms with E-state index in [0.29, 0.717) is 16.6 Å². The highest BCUT2D eigenvalue weighted by molar-refractivity contribution is 7.92. The normalized spacial score (nSPS) is 11.9. The molecule has 0 amide bonds. The number of aromatic hydroxyl groups is 1. The summed E-state index contributed by atoms with van der Waals surface area (Å²) < 4.78 is 28.3. The zero-order valence-electron chi connectivity index (χ0n) is 19.4. The zero-order chi connectivity index (χ0) is 25.5. The molecule has 0 aliphatic carbocycles. The SMILES string of the molecule is Cc1ccc(NS(=O)(=O)c2ccc(N=Nc3c(O)[nH]c4c(C)c(C)ccc34)c([N+](=O)[O-])c2)c(C)c1. The van der Waals surface area contributed by atoms with Crippen LogP contribution in [0.4, 0.5) is 22.7 Å². The molecular formula is C24H23N5O5S. The molecule has 11 heteroatoms. The van der Waals surface area contributed by atoms with Gasteiger partial charge in [0.2, 0.25) is 5.88 Å². The van der Waals surface area contributed by atoms with Crippen LogP contribution < -0.4 is 4.72 Å². The maximum Gasteiger partial charge on any atom is 0.298 e. The number of benzene rings is 3. The second-order valence-electron chi connectivity index (χ2n) is 8.28. The van der Waals surface area contributed by atoms with Gasteiger partial charge in [0.15, 0.2) is 11.4 Å². The van der Waals surface area contributed by atoms with Crippen molar-refractivity contribution in [3.63, 3.8) is 0 Å². The second kappa shape index (κ2) is 8.84. The highest BCUT2D eigenvalue weighted by Crippen LogP contribution is 2.39. The van der Waals surface area contributed by atoms with Crippen molar-refractivity contribution in [1.29, 1.82) is 0 Å². The van der Waals surface area contributed by atoms with Gasteiger partial charge in [0.05, 0.1) is 21.0 Å². The average Bonchev–Trinajstić information content (AvgIpc) is 3.12. The second-order valence-corrected chi connectivity index (χ2v) is 9.97. The lowest BCUT2D eigenvalue weighted by Gasteiger charge is -2.11. The first kappa shape index (κ1) is 23.9. The number of aromatic nitrogens is 1. The lowest BCUT2D eigenvalue weighted by Crippen LogP contribution is -2.14. The molecule has 0 bridgehead atoms. The molecule has 0 aliphatic heterocycles. The number of nitrogens with zero attached hydrogens (tertiary/aromatic N) is 3. The van der Waals surface area contributed by atoms with Crippen LogP contribution in [0.3, 0.4) is 0 Å². The monoisotopic (exact) mass is 493 g/mol. The number of rotatable bonds is 6. The molecule has 0 atom stereocenters. The van der Waals surface area contributed by atoms with Crippen molar-refractivity contribution in [3.8, 4) is 5.88 Å². The van der Waals surface area contributed by atoms with Crippen molar-refractivity contribution in [2.45, 2.75) is 32.6 Å². The molecule has 180 valence electrons. The van der Waals surface area contributed by atoms with Gasteiger partial charge in [-0.25, -0.2) is 8.42 Å². The number of hydrogen-bond acceptors (Lipinski definition) is 7. The van der Waals surface area contributed by atoms with Crippen LogP contribution in [0.1, 0.15) is 22.3 Å². The summed E-state index contributed by atoms with van der Waals surface area (Å²) in [5, 5.41) is 30.6. The number of aromatic amines is 1. The number of hydrogen-bond donors (Lipinski definition) is 3. The van der Waals surface area contributed by atoms with E-state index in [9.17, 15) is 23.6 Å². The summed E-state index contributed by atoms with van der Waals surface area (Å²) in [6.45, 7) is 7.48. The fourth-order valence-corrected chi connectivity index (χ4v) is 4.87. The van der Waals surface area contributed by atoms with Gasteiger partial charge in [-0.1, -0.05) is 29.8 Å². The number of nitrogens with one attached hydrogen (secondary N) is 2. The molecule has 0 unspecified atom stereocenters. The van der Waals surface area contributed by atoms with E-state index in [1.54, 1.807) is 25.1 Å². The standard InChI is InChI=1S/C24H23N5O5S/c1-13-5-9-19(15(3)11-13)28-35(33,34)17-7-10-20(21(12-17)29(31)32)26-27-23-18-8-6-14(2)16(4)22(18)25-24(23)30/h5-12,25,28,30H,1-4H3. The molecule has 3 N–H and O–H groups in total. The largest absolute Gasteiger partial charge is 0.493 e. The highest BCUT2D eigenvalue weighted by atomic mass is 32.2. The summed E-state index contributed by atoms with van der Waals surface area (Å²) in [5.41, 5.74) is 4.14. The van der Waals surface area contributed by atoms with Crippen LogP contribution in [-0.2, 0) is 10.0 Å². The Morgan fingerprint density at radius 1 is 0.971 bits per heavy atom. The van der Waals surface area contributed by atoms with Gasteiger partial charge in [0.1, 0.15) is 0 Å². The van der Waals surface area contributed by atoms with Crippen molar-refractivity contribution in [1.82, 2.24) is 4.98 Å². The van der Waals surface area contributed by atoms with Crippen molar-refractivity contribution in [2.75, 3.05) is 4.72 Å². The van der Waals surface area contributed by atoms with Gasteiger partial charge in [0, 0.05) is 11.5 Å². The molecule has 4 aromatic rings. The van der Waals surface area contributed by atoms with Crippen LogP contribution in [0, 0.1) is 37.8 Å². The third-order valence-electron chi connectivity index (χ3n) is 5.80. The molecule has 10 nitrogen and oxygen atoms in total. The number of anilines is 1. The predicted molar refractivity (Wildman–Crippen MR) is 133 cm³/mol. The van der Waals surface area contributed by atoms with Gasteiger partial charge in [-0.2, -0.15) is 0 Å². The van der Waals surface area contributed by atoms with Gasteiger partial charge in [-0.3, -0.25) is 14.8 Å². The zero-order valence-corrected chi connectivity index (χ0v) is 20.3. The molecule has 0 spiro atoms. The van der Waals surface area contributed by atoms with Crippen LogP contribution in [0.15, 0.2) is 63.7 Å². The molecule has 1 aromatic heterocycles. The van der Waals surface area contributed by atoms with E-state index in [-0.39, 0.29) is 22.2 Å². The number of nitro groups is 1. The van der Waals surface area contributed by atoms with Gasteiger partial charge < -0.3 is 10.1 Å². The Labute approximate surface area is 201 Å². The molecule has 1 heterocycles. The van der Waals surface area contributed by atoms with E-state index in [2.05, 4.69) is 19.9 Å². The quantitative estimate of drug-likeness (QED) is 0.165. The highest BCUT2D eigenvalue weighted by Gasteiger charge is 2.23. The van der Waals surface area contributed by atoms with Crippen molar-refractivity contribution in [3.05, 3.63) is 80.9 Å².